The third-order valence-electron chi connectivity index (χ3n) is 4.24. The molecule has 4 rings (SSSR count). The Kier molecular flexibility index (Phi) is 5.67. The molecule has 0 unspecified atom stereocenters. The number of rotatable bonds is 6. The smallest absolute Gasteiger partial charge is 0.416 e. The van der Waals surface area contributed by atoms with E-state index in [4.69, 9.17) is 4.74 Å². The molecule has 0 aliphatic rings. The number of anilines is 2. The van der Waals surface area contributed by atoms with Crippen LogP contribution in [0.3, 0.4) is 0 Å². The van der Waals surface area contributed by atoms with Crippen LogP contribution in [-0.4, -0.2) is 10.2 Å². The minimum atomic E-state index is -4.36. The monoisotopic (exact) mass is 427 g/mol. The van der Waals surface area contributed by atoms with E-state index in [1.807, 2.05) is 54.6 Å². The molecule has 0 atom stereocenters. The topological polar surface area (TPSA) is 47.0 Å². The molecule has 4 nitrogen and oxygen atoms in total. The summed E-state index contributed by atoms with van der Waals surface area (Å²) in [6.07, 6.45) is -4.36. The molecule has 0 amide bonds. The van der Waals surface area contributed by atoms with Gasteiger partial charge in [0.2, 0.25) is 5.13 Å². The van der Waals surface area contributed by atoms with Crippen LogP contribution in [0.2, 0.25) is 0 Å². The average Bonchev–Trinajstić information content (AvgIpc) is 3.21. The highest BCUT2D eigenvalue weighted by Gasteiger charge is 2.29. The molecule has 8 heteroatoms. The summed E-state index contributed by atoms with van der Waals surface area (Å²) in [7, 11) is 0. The van der Waals surface area contributed by atoms with Gasteiger partial charge in [0, 0.05) is 5.69 Å². The van der Waals surface area contributed by atoms with Crippen LogP contribution in [0.5, 0.6) is 5.75 Å². The van der Waals surface area contributed by atoms with Crippen LogP contribution in [0.15, 0.2) is 78.9 Å². The minimum Gasteiger partial charge on any atom is -0.488 e. The molecule has 1 heterocycles. The van der Waals surface area contributed by atoms with Crippen molar-refractivity contribution < 1.29 is 17.9 Å². The number of halogens is 3. The van der Waals surface area contributed by atoms with E-state index in [9.17, 15) is 13.2 Å². The van der Waals surface area contributed by atoms with Crippen molar-refractivity contribution in [1.82, 2.24) is 10.2 Å². The van der Waals surface area contributed by atoms with Crippen molar-refractivity contribution in [2.45, 2.75) is 12.8 Å². The van der Waals surface area contributed by atoms with Gasteiger partial charge >= 0.3 is 6.18 Å². The molecule has 1 N–H and O–H groups in total. The van der Waals surface area contributed by atoms with Gasteiger partial charge in [0.25, 0.3) is 0 Å². The van der Waals surface area contributed by atoms with Crippen molar-refractivity contribution in [2.24, 2.45) is 0 Å². The Bertz CT molecular complexity index is 1110. The molecular formula is C22H16F3N3OS. The van der Waals surface area contributed by atoms with E-state index in [1.54, 1.807) is 0 Å². The SMILES string of the molecule is FC(F)(F)c1ccc(Nc2nnc(-c3ccccc3OCc3ccccc3)s2)cc1. The molecule has 152 valence electrons. The van der Waals surface area contributed by atoms with Crippen LogP contribution < -0.4 is 10.1 Å². The molecule has 30 heavy (non-hydrogen) atoms. The molecule has 3 aromatic carbocycles. The van der Waals surface area contributed by atoms with Gasteiger partial charge in [0.05, 0.1) is 11.1 Å². The number of hydrogen-bond donors (Lipinski definition) is 1. The van der Waals surface area contributed by atoms with Gasteiger partial charge in [-0.1, -0.05) is 53.8 Å². The maximum absolute atomic E-state index is 12.7. The summed E-state index contributed by atoms with van der Waals surface area (Å²) in [5, 5.41) is 12.4. The van der Waals surface area contributed by atoms with Crippen LogP contribution >= 0.6 is 11.3 Å². The maximum Gasteiger partial charge on any atom is 0.416 e. The van der Waals surface area contributed by atoms with Crippen molar-refractivity contribution in [3.05, 3.63) is 90.0 Å². The summed E-state index contributed by atoms with van der Waals surface area (Å²) >= 11 is 1.29. The van der Waals surface area contributed by atoms with Gasteiger partial charge in [0.1, 0.15) is 12.4 Å². The zero-order chi connectivity index (χ0) is 21.0. The zero-order valence-electron chi connectivity index (χ0n) is 15.6. The Morgan fingerprint density at radius 1 is 0.833 bits per heavy atom. The predicted molar refractivity (Wildman–Crippen MR) is 111 cm³/mol. The lowest BCUT2D eigenvalue weighted by atomic mass is 10.2. The van der Waals surface area contributed by atoms with Crippen LogP contribution in [0.1, 0.15) is 11.1 Å². The number of benzene rings is 3. The number of nitrogens with one attached hydrogen (secondary N) is 1. The molecule has 0 aliphatic carbocycles. The first-order valence-electron chi connectivity index (χ1n) is 9.03. The Hall–Kier alpha value is -3.39. The second-order valence-corrected chi connectivity index (χ2v) is 7.36. The fraction of sp³-hybridized carbons (Fsp3) is 0.0909. The third-order valence-corrected chi connectivity index (χ3v) is 5.12. The normalized spacial score (nSPS) is 11.3. The van der Waals surface area contributed by atoms with E-state index >= 15 is 0 Å². The first-order valence-corrected chi connectivity index (χ1v) is 9.84. The fourth-order valence-electron chi connectivity index (χ4n) is 2.75. The number of ether oxygens (including phenoxy) is 1. The van der Waals surface area contributed by atoms with Gasteiger partial charge in [-0.15, -0.1) is 10.2 Å². The highest BCUT2D eigenvalue weighted by Crippen LogP contribution is 2.35. The van der Waals surface area contributed by atoms with Crippen molar-refractivity contribution in [1.29, 1.82) is 0 Å². The number of hydrogen-bond acceptors (Lipinski definition) is 5. The molecule has 0 saturated carbocycles. The van der Waals surface area contributed by atoms with Crippen LogP contribution in [0, 0.1) is 0 Å². The van der Waals surface area contributed by atoms with Gasteiger partial charge in [-0.05, 0) is 42.0 Å². The Labute approximate surface area is 175 Å². The molecule has 4 aromatic rings. The van der Waals surface area contributed by atoms with Gasteiger partial charge in [0.15, 0.2) is 5.01 Å². The van der Waals surface area contributed by atoms with E-state index in [0.29, 0.717) is 28.2 Å². The lowest BCUT2D eigenvalue weighted by molar-refractivity contribution is -0.137. The predicted octanol–water partition coefficient (Wildman–Crippen LogP) is 6.55. The standard InChI is InChI=1S/C22H16F3N3OS/c23-22(24,25)16-10-12-17(13-11-16)26-21-28-27-20(30-21)18-8-4-5-9-19(18)29-14-15-6-2-1-3-7-15/h1-13H,14H2,(H,26,28). The zero-order valence-corrected chi connectivity index (χ0v) is 16.4. The third kappa shape index (κ3) is 4.77. The van der Waals surface area contributed by atoms with Crippen molar-refractivity contribution >= 4 is 22.2 Å². The second kappa shape index (κ2) is 8.54. The minimum absolute atomic E-state index is 0.424. The summed E-state index contributed by atoms with van der Waals surface area (Å²) in [6, 6.07) is 22.1. The highest BCUT2D eigenvalue weighted by molar-refractivity contribution is 7.18. The molecule has 1 aromatic heterocycles. The maximum atomic E-state index is 12.7. The van der Waals surface area contributed by atoms with Crippen LogP contribution in [-0.2, 0) is 12.8 Å². The summed E-state index contributed by atoms with van der Waals surface area (Å²) in [6.45, 7) is 0.424. The van der Waals surface area contributed by atoms with Crippen molar-refractivity contribution in [3.63, 3.8) is 0 Å². The molecule has 0 fully saturated rings. The Morgan fingerprint density at radius 3 is 2.27 bits per heavy atom. The number of aromatic nitrogens is 2. The first-order chi connectivity index (χ1) is 14.5. The van der Waals surface area contributed by atoms with Crippen molar-refractivity contribution in [2.75, 3.05) is 5.32 Å². The number of alkyl halides is 3. The quantitative estimate of drug-likeness (QED) is 0.379. The molecule has 0 aliphatic heterocycles. The van der Waals surface area contributed by atoms with Gasteiger partial charge < -0.3 is 10.1 Å². The van der Waals surface area contributed by atoms with E-state index in [2.05, 4.69) is 15.5 Å². The average molecular weight is 427 g/mol. The second-order valence-electron chi connectivity index (χ2n) is 6.38. The van der Waals surface area contributed by atoms with E-state index in [0.717, 1.165) is 23.3 Å². The lowest BCUT2D eigenvalue weighted by Crippen LogP contribution is -2.04. The molecule has 0 radical (unpaired) electrons. The number of nitrogens with zero attached hydrogens (tertiary/aromatic N) is 2. The lowest BCUT2D eigenvalue weighted by Gasteiger charge is -2.09. The largest absolute Gasteiger partial charge is 0.488 e. The first kappa shape index (κ1) is 19.9. The fourth-order valence-corrected chi connectivity index (χ4v) is 3.55. The summed E-state index contributed by atoms with van der Waals surface area (Å²) < 4.78 is 44.0. The molecular weight excluding hydrogens is 411 g/mol. The van der Waals surface area contributed by atoms with Gasteiger partial charge in [-0.25, -0.2) is 0 Å². The van der Waals surface area contributed by atoms with E-state index in [-0.39, 0.29) is 0 Å². The summed E-state index contributed by atoms with van der Waals surface area (Å²) in [5.41, 5.74) is 1.65. The van der Waals surface area contributed by atoms with Crippen LogP contribution in [0.25, 0.3) is 10.6 Å². The molecule has 0 spiro atoms. The van der Waals surface area contributed by atoms with Crippen LogP contribution in [0.4, 0.5) is 24.0 Å². The summed E-state index contributed by atoms with van der Waals surface area (Å²) in [4.78, 5) is 0. The van der Waals surface area contributed by atoms with E-state index < -0.39 is 11.7 Å². The number of para-hydroxylation sites is 1. The Morgan fingerprint density at radius 2 is 1.53 bits per heavy atom. The summed E-state index contributed by atoms with van der Waals surface area (Å²) in [5.74, 6) is 0.679. The van der Waals surface area contributed by atoms with Gasteiger partial charge in [-0.3, -0.25) is 0 Å². The highest BCUT2D eigenvalue weighted by atomic mass is 32.1. The Balaban J connectivity index is 1.49. The van der Waals surface area contributed by atoms with E-state index in [1.165, 1.54) is 23.5 Å². The van der Waals surface area contributed by atoms with Gasteiger partial charge in [-0.2, -0.15) is 13.2 Å². The molecule has 0 saturated heterocycles. The molecule has 0 bridgehead atoms. The van der Waals surface area contributed by atoms with Crippen molar-refractivity contribution in [3.8, 4) is 16.3 Å².